The molecule has 1 saturated heterocycles. The number of aliphatic hydroxyl groups is 1. The molecule has 1 rings (SSSR count). The van der Waals surface area contributed by atoms with Gasteiger partial charge >= 0.3 is 0 Å². The molecule has 12 heavy (non-hydrogen) atoms. The Bertz CT molecular complexity index is 104. The Balaban J connectivity index is 0.000000561. The van der Waals surface area contributed by atoms with Gasteiger partial charge in [0, 0.05) is 6.04 Å². The molecule has 2 atom stereocenters. The van der Waals surface area contributed by atoms with Crippen LogP contribution in [0, 0.1) is 0 Å². The van der Waals surface area contributed by atoms with Crippen LogP contribution in [0.3, 0.4) is 0 Å². The third kappa shape index (κ3) is 3.11. The van der Waals surface area contributed by atoms with E-state index in [0.29, 0.717) is 6.04 Å². The minimum absolute atomic E-state index is 0.151. The van der Waals surface area contributed by atoms with E-state index in [2.05, 4.69) is 11.8 Å². The number of rotatable bonds is 2. The molecule has 0 amide bonds. The molecule has 1 N–H and O–H groups in total. The normalized spacial score (nSPS) is 26.2. The van der Waals surface area contributed by atoms with Crippen molar-refractivity contribution >= 4 is 0 Å². The second-order valence-corrected chi connectivity index (χ2v) is 3.08. The zero-order valence-electron chi connectivity index (χ0n) is 8.88. The molecule has 0 aromatic heterocycles. The van der Waals surface area contributed by atoms with E-state index in [1.54, 1.807) is 0 Å². The molecule has 74 valence electrons. The summed E-state index contributed by atoms with van der Waals surface area (Å²) >= 11 is 0. The standard InChI is InChI=1S/C8H17NO.C2H6/c1-3-9-6-4-5-8(9)7(2)10;1-2/h7-8,10H,3-6H2,1-2H3;1-2H3. The zero-order chi connectivity index (χ0) is 9.56. The Morgan fingerprint density at radius 2 is 2.08 bits per heavy atom. The van der Waals surface area contributed by atoms with Gasteiger partial charge in [0.15, 0.2) is 0 Å². The van der Waals surface area contributed by atoms with Crippen LogP contribution >= 0.6 is 0 Å². The Kier molecular flexibility index (Phi) is 6.39. The van der Waals surface area contributed by atoms with Crippen molar-refractivity contribution in [1.82, 2.24) is 4.90 Å². The molecule has 2 heteroatoms. The van der Waals surface area contributed by atoms with E-state index in [1.165, 1.54) is 19.4 Å². The summed E-state index contributed by atoms with van der Waals surface area (Å²) < 4.78 is 0. The highest BCUT2D eigenvalue weighted by molar-refractivity contribution is 4.81. The van der Waals surface area contributed by atoms with Crippen LogP contribution in [-0.2, 0) is 0 Å². The van der Waals surface area contributed by atoms with E-state index in [-0.39, 0.29) is 6.10 Å². The monoisotopic (exact) mass is 173 g/mol. The summed E-state index contributed by atoms with van der Waals surface area (Å²) in [6, 6.07) is 0.435. The molecule has 2 nitrogen and oxygen atoms in total. The Morgan fingerprint density at radius 1 is 1.50 bits per heavy atom. The fraction of sp³-hybridized carbons (Fsp3) is 1.00. The first kappa shape index (κ1) is 11.9. The predicted octanol–water partition coefficient (Wildman–Crippen LogP) is 1.88. The number of aliphatic hydroxyl groups excluding tert-OH is 1. The van der Waals surface area contributed by atoms with Crippen molar-refractivity contribution in [2.45, 2.75) is 52.7 Å². The van der Waals surface area contributed by atoms with Crippen LogP contribution in [0.15, 0.2) is 0 Å². The van der Waals surface area contributed by atoms with Gasteiger partial charge in [-0.15, -0.1) is 0 Å². The Morgan fingerprint density at radius 3 is 2.42 bits per heavy atom. The number of likely N-dealkylation sites (tertiary alicyclic amines) is 1. The highest BCUT2D eigenvalue weighted by atomic mass is 16.3. The van der Waals surface area contributed by atoms with Crippen molar-refractivity contribution in [2.75, 3.05) is 13.1 Å². The summed E-state index contributed by atoms with van der Waals surface area (Å²) in [5, 5.41) is 9.31. The van der Waals surface area contributed by atoms with Gasteiger partial charge in [0.25, 0.3) is 0 Å². The number of likely N-dealkylation sites (N-methyl/N-ethyl adjacent to an activating group) is 1. The van der Waals surface area contributed by atoms with Crippen LogP contribution in [0.4, 0.5) is 0 Å². The van der Waals surface area contributed by atoms with Gasteiger partial charge in [0.2, 0.25) is 0 Å². The van der Waals surface area contributed by atoms with Gasteiger partial charge in [0.05, 0.1) is 6.10 Å². The maximum absolute atomic E-state index is 9.31. The average molecular weight is 173 g/mol. The van der Waals surface area contributed by atoms with Crippen molar-refractivity contribution in [3.63, 3.8) is 0 Å². The van der Waals surface area contributed by atoms with E-state index in [0.717, 1.165) is 6.54 Å². The van der Waals surface area contributed by atoms with E-state index in [9.17, 15) is 5.11 Å². The zero-order valence-corrected chi connectivity index (χ0v) is 8.88. The summed E-state index contributed by atoms with van der Waals surface area (Å²) in [5.74, 6) is 0. The lowest BCUT2D eigenvalue weighted by atomic mass is 10.1. The third-order valence-electron chi connectivity index (χ3n) is 2.38. The maximum Gasteiger partial charge on any atom is 0.0667 e. The molecule has 1 aliphatic heterocycles. The summed E-state index contributed by atoms with van der Waals surface area (Å²) in [6.07, 6.45) is 2.28. The first-order valence-electron chi connectivity index (χ1n) is 5.17. The second kappa shape index (κ2) is 6.44. The average Bonchev–Trinajstić information content (AvgIpc) is 2.55. The molecule has 0 bridgehead atoms. The van der Waals surface area contributed by atoms with Crippen molar-refractivity contribution in [3.05, 3.63) is 0 Å². The smallest absolute Gasteiger partial charge is 0.0667 e. The van der Waals surface area contributed by atoms with Gasteiger partial charge < -0.3 is 5.11 Å². The fourth-order valence-electron chi connectivity index (χ4n) is 1.79. The molecule has 0 aromatic rings. The molecular weight excluding hydrogens is 150 g/mol. The first-order valence-corrected chi connectivity index (χ1v) is 5.17. The number of hydrogen-bond acceptors (Lipinski definition) is 2. The Hall–Kier alpha value is -0.0800. The van der Waals surface area contributed by atoms with E-state index >= 15 is 0 Å². The van der Waals surface area contributed by atoms with Gasteiger partial charge in [-0.1, -0.05) is 20.8 Å². The molecule has 1 aliphatic rings. The minimum atomic E-state index is -0.151. The highest BCUT2D eigenvalue weighted by Crippen LogP contribution is 2.18. The van der Waals surface area contributed by atoms with Crippen LogP contribution in [0.1, 0.15) is 40.5 Å². The van der Waals surface area contributed by atoms with Gasteiger partial charge in [-0.2, -0.15) is 0 Å². The summed E-state index contributed by atoms with van der Waals surface area (Å²) in [5.41, 5.74) is 0. The molecule has 0 saturated carbocycles. The maximum atomic E-state index is 9.31. The van der Waals surface area contributed by atoms with Crippen LogP contribution in [0.5, 0.6) is 0 Å². The van der Waals surface area contributed by atoms with E-state index in [4.69, 9.17) is 0 Å². The Labute approximate surface area is 76.6 Å². The van der Waals surface area contributed by atoms with E-state index in [1.807, 2.05) is 20.8 Å². The lowest BCUT2D eigenvalue weighted by molar-refractivity contribution is 0.0898. The van der Waals surface area contributed by atoms with Crippen molar-refractivity contribution < 1.29 is 5.11 Å². The van der Waals surface area contributed by atoms with Gasteiger partial charge in [0.1, 0.15) is 0 Å². The number of hydrogen-bond donors (Lipinski definition) is 1. The van der Waals surface area contributed by atoms with Crippen molar-refractivity contribution in [1.29, 1.82) is 0 Å². The first-order chi connectivity index (χ1) is 5.75. The summed E-state index contributed by atoms with van der Waals surface area (Å²) in [6.45, 7) is 10.3. The van der Waals surface area contributed by atoms with Crippen LogP contribution in [0.25, 0.3) is 0 Å². The van der Waals surface area contributed by atoms with Crippen molar-refractivity contribution in [3.8, 4) is 0 Å². The minimum Gasteiger partial charge on any atom is -0.392 e. The molecule has 0 radical (unpaired) electrons. The SMILES string of the molecule is CC.CCN1CCCC1C(C)O. The second-order valence-electron chi connectivity index (χ2n) is 3.08. The number of nitrogens with zero attached hydrogens (tertiary/aromatic N) is 1. The van der Waals surface area contributed by atoms with Crippen molar-refractivity contribution in [2.24, 2.45) is 0 Å². The van der Waals surface area contributed by atoms with Gasteiger partial charge in [-0.3, -0.25) is 4.90 Å². The molecule has 2 unspecified atom stereocenters. The molecule has 1 heterocycles. The van der Waals surface area contributed by atoms with Gasteiger partial charge in [-0.25, -0.2) is 0 Å². The predicted molar refractivity (Wildman–Crippen MR) is 53.3 cm³/mol. The lowest BCUT2D eigenvalue weighted by Gasteiger charge is -2.24. The van der Waals surface area contributed by atoms with Crippen LogP contribution < -0.4 is 0 Å². The van der Waals surface area contributed by atoms with Gasteiger partial charge in [-0.05, 0) is 32.9 Å². The molecule has 1 fully saturated rings. The summed E-state index contributed by atoms with van der Waals surface area (Å²) in [7, 11) is 0. The molecule has 0 aliphatic carbocycles. The van der Waals surface area contributed by atoms with Crippen LogP contribution in [0.2, 0.25) is 0 Å². The highest BCUT2D eigenvalue weighted by Gasteiger charge is 2.26. The topological polar surface area (TPSA) is 23.5 Å². The molecule has 0 spiro atoms. The third-order valence-corrected chi connectivity index (χ3v) is 2.38. The van der Waals surface area contributed by atoms with E-state index < -0.39 is 0 Å². The quantitative estimate of drug-likeness (QED) is 0.689. The molecule has 0 aromatic carbocycles. The summed E-state index contributed by atoms with van der Waals surface area (Å²) in [4.78, 5) is 2.35. The lowest BCUT2D eigenvalue weighted by Crippen LogP contribution is -2.37. The molecular formula is C10H23NO. The van der Waals surface area contributed by atoms with Crippen LogP contribution in [-0.4, -0.2) is 35.2 Å². The largest absolute Gasteiger partial charge is 0.392 e. The fourth-order valence-corrected chi connectivity index (χ4v) is 1.79.